The summed E-state index contributed by atoms with van der Waals surface area (Å²) in [4.78, 5) is 42.5. The number of piperidine rings is 1. The quantitative estimate of drug-likeness (QED) is 0.753. The molecule has 4 rings (SSSR count). The predicted molar refractivity (Wildman–Crippen MR) is 103 cm³/mol. The summed E-state index contributed by atoms with van der Waals surface area (Å²) >= 11 is 1.57. The lowest BCUT2D eigenvalue weighted by molar-refractivity contribution is 0.0698. The highest BCUT2D eigenvalue weighted by Crippen LogP contribution is 2.26. The third kappa shape index (κ3) is 3.80. The molecule has 0 saturated carbocycles. The predicted octanol–water partition coefficient (Wildman–Crippen LogP) is 2.62. The second-order valence-corrected chi connectivity index (χ2v) is 7.44. The molecule has 1 saturated heterocycles. The first-order chi connectivity index (χ1) is 13.1. The molecule has 4 heterocycles. The molecule has 3 aromatic heterocycles. The van der Waals surface area contributed by atoms with Crippen molar-refractivity contribution in [2.45, 2.75) is 25.7 Å². The van der Waals surface area contributed by atoms with Gasteiger partial charge >= 0.3 is 0 Å². The minimum absolute atomic E-state index is 0.00704. The number of amides is 1. The van der Waals surface area contributed by atoms with Crippen LogP contribution >= 0.6 is 11.3 Å². The van der Waals surface area contributed by atoms with Gasteiger partial charge in [0.25, 0.3) is 11.5 Å². The number of nitrogens with zero attached hydrogens (tertiary/aromatic N) is 4. The van der Waals surface area contributed by atoms with E-state index >= 15 is 0 Å². The molecule has 0 aliphatic carbocycles. The summed E-state index contributed by atoms with van der Waals surface area (Å²) in [5, 5.41) is 3.93. The number of carbonyl (C=O) groups is 1. The van der Waals surface area contributed by atoms with Crippen LogP contribution in [0, 0.1) is 6.92 Å². The van der Waals surface area contributed by atoms with E-state index in [1.807, 2.05) is 23.8 Å². The van der Waals surface area contributed by atoms with Gasteiger partial charge in [-0.25, -0.2) is 9.97 Å². The number of aromatic nitrogens is 4. The lowest BCUT2D eigenvalue weighted by atomic mass is 9.96. The molecule has 0 radical (unpaired) electrons. The van der Waals surface area contributed by atoms with Crippen LogP contribution in [0.3, 0.4) is 0 Å². The Bertz CT molecular complexity index is 998. The van der Waals surface area contributed by atoms with E-state index in [-0.39, 0.29) is 17.4 Å². The Balaban J connectivity index is 1.57. The van der Waals surface area contributed by atoms with E-state index in [0.717, 1.165) is 24.1 Å². The van der Waals surface area contributed by atoms with Gasteiger partial charge in [-0.2, -0.15) is 11.3 Å². The number of H-pyrrole nitrogens is 1. The van der Waals surface area contributed by atoms with Gasteiger partial charge < -0.3 is 9.88 Å². The summed E-state index contributed by atoms with van der Waals surface area (Å²) in [5.41, 5.74) is 2.55. The molecular weight excluding hydrogens is 362 g/mol. The highest BCUT2D eigenvalue weighted by atomic mass is 32.1. The van der Waals surface area contributed by atoms with Gasteiger partial charge in [-0.1, -0.05) is 0 Å². The van der Waals surface area contributed by atoms with E-state index in [4.69, 9.17) is 0 Å². The van der Waals surface area contributed by atoms with Crippen molar-refractivity contribution in [2.24, 2.45) is 0 Å². The number of hydrogen-bond acceptors (Lipinski definition) is 6. The van der Waals surface area contributed by atoms with Crippen molar-refractivity contribution in [3.63, 3.8) is 0 Å². The third-order valence-electron chi connectivity index (χ3n) is 4.67. The summed E-state index contributed by atoms with van der Waals surface area (Å²) in [6.07, 6.45) is 4.83. The Kier molecular flexibility index (Phi) is 4.81. The minimum atomic E-state index is -0.172. The number of aryl methyl sites for hydroxylation is 1. The molecule has 1 aliphatic heterocycles. The van der Waals surface area contributed by atoms with Crippen LogP contribution < -0.4 is 5.56 Å². The second-order valence-electron chi connectivity index (χ2n) is 6.66. The highest BCUT2D eigenvalue weighted by molar-refractivity contribution is 7.08. The summed E-state index contributed by atoms with van der Waals surface area (Å²) in [5.74, 6) is 0.493. The molecule has 0 aromatic carbocycles. The number of carbonyl (C=O) groups excluding carboxylic acids is 1. The minimum Gasteiger partial charge on any atom is -0.337 e. The lowest BCUT2D eigenvalue weighted by Gasteiger charge is -2.32. The van der Waals surface area contributed by atoms with Crippen molar-refractivity contribution in [3.05, 3.63) is 62.9 Å². The summed E-state index contributed by atoms with van der Waals surface area (Å²) < 4.78 is 0. The fourth-order valence-electron chi connectivity index (χ4n) is 3.28. The zero-order chi connectivity index (χ0) is 18.8. The Hall–Kier alpha value is -2.87. The zero-order valence-electron chi connectivity index (χ0n) is 14.9. The highest BCUT2D eigenvalue weighted by Gasteiger charge is 2.28. The van der Waals surface area contributed by atoms with Gasteiger partial charge in [0.05, 0.1) is 17.6 Å². The van der Waals surface area contributed by atoms with E-state index in [9.17, 15) is 9.59 Å². The Morgan fingerprint density at radius 1 is 1.33 bits per heavy atom. The largest absolute Gasteiger partial charge is 0.337 e. The molecule has 8 heteroatoms. The van der Waals surface area contributed by atoms with E-state index in [2.05, 4.69) is 19.9 Å². The number of thiophene rings is 1. The molecule has 0 bridgehead atoms. The molecule has 138 valence electrons. The van der Waals surface area contributed by atoms with Crippen LogP contribution in [0.1, 0.15) is 40.8 Å². The van der Waals surface area contributed by atoms with Crippen LogP contribution in [0.4, 0.5) is 0 Å². The van der Waals surface area contributed by atoms with Gasteiger partial charge in [0.1, 0.15) is 11.5 Å². The van der Waals surface area contributed by atoms with E-state index in [1.54, 1.807) is 22.4 Å². The van der Waals surface area contributed by atoms with Crippen molar-refractivity contribution >= 4 is 17.2 Å². The van der Waals surface area contributed by atoms with E-state index in [0.29, 0.717) is 30.3 Å². The molecule has 0 spiro atoms. The van der Waals surface area contributed by atoms with Gasteiger partial charge in [-0.15, -0.1) is 0 Å². The van der Waals surface area contributed by atoms with E-state index in [1.165, 1.54) is 12.3 Å². The fraction of sp³-hybridized carbons (Fsp3) is 0.316. The molecule has 3 aromatic rings. The van der Waals surface area contributed by atoms with Crippen LogP contribution in [0.5, 0.6) is 0 Å². The van der Waals surface area contributed by atoms with Crippen molar-refractivity contribution in [1.29, 1.82) is 0 Å². The van der Waals surface area contributed by atoms with Crippen molar-refractivity contribution in [1.82, 2.24) is 24.8 Å². The van der Waals surface area contributed by atoms with E-state index < -0.39 is 0 Å². The molecule has 1 atom stereocenters. The average molecular weight is 381 g/mol. The number of rotatable bonds is 3. The summed E-state index contributed by atoms with van der Waals surface area (Å²) in [7, 11) is 0. The zero-order valence-corrected chi connectivity index (χ0v) is 15.7. The Morgan fingerprint density at radius 2 is 2.22 bits per heavy atom. The third-order valence-corrected chi connectivity index (χ3v) is 5.36. The van der Waals surface area contributed by atoms with Gasteiger partial charge in [-0.3, -0.25) is 14.6 Å². The van der Waals surface area contributed by atoms with Gasteiger partial charge in [0.15, 0.2) is 0 Å². The number of nitrogens with one attached hydrogen (secondary N) is 1. The molecular formula is C19H19N5O2S. The van der Waals surface area contributed by atoms with Crippen LogP contribution in [0.25, 0.3) is 11.3 Å². The maximum Gasteiger partial charge on any atom is 0.274 e. The molecule has 1 fully saturated rings. The van der Waals surface area contributed by atoms with Crippen LogP contribution in [0.2, 0.25) is 0 Å². The normalized spacial score (nSPS) is 17.1. The second kappa shape index (κ2) is 7.40. The van der Waals surface area contributed by atoms with Crippen molar-refractivity contribution in [3.8, 4) is 11.3 Å². The Labute approximate surface area is 160 Å². The first-order valence-electron chi connectivity index (χ1n) is 8.82. The SMILES string of the molecule is Cc1cnc(C(=O)N2CCC[C@@H](c3nc(-c4ccsc4)cc(=O)[nH]3)C2)cn1. The van der Waals surface area contributed by atoms with Gasteiger partial charge in [-0.05, 0) is 31.2 Å². The van der Waals surface area contributed by atoms with Crippen LogP contribution in [-0.2, 0) is 0 Å². The molecule has 1 amide bonds. The average Bonchev–Trinajstić information content (AvgIpc) is 3.23. The molecule has 27 heavy (non-hydrogen) atoms. The molecule has 0 unspecified atom stereocenters. The summed E-state index contributed by atoms with van der Waals surface area (Å²) in [6.45, 7) is 3.00. The molecule has 7 nitrogen and oxygen atoms in total. The number of likely N-dealkylation sites (tertiary alicyclic amines) is 1. The number of hydrogen-bond donors (Lipinski definition) is 1. The maximum atomic E-state index is 12.7. The lowest BCUT2D eigenvalue weighted by Crippen LogP contribution is -2.40. The fourth-order valence-corrected chi connectivity index (χ4v) is 3.93. The molecule has 1 aliphatic rings. The van der Waals surface area contributed by atoms with Gasteiger partial charge in [0, 0.05) is 42.2 Å². The summed E-state index contributed by atoms with van der Waals surface area (Å²) in [6, 6.07) is 3.46. The monoisotopic (exact) mass is 381 g/mol. The van der Waals surface area contributed by atoms with Crippen molar-refractivity contribution < 1.29 is 4.79 Å². The first-order valence-corrected chi connectivity index (χ1v) is 9.76. The standard InChI is InChI=1S/C19H19N5O2S/c1-12-8-21-16(9-20-12)19(26)24-5-2-3-13(10-24)18-22-15(7-17(25)23-18)14-4-6-27-11-14/h4,6-9,11,13H,2-3,5,10H2,1H3,(H,22,23,25)/t13-/m1/s1. The Morgan fingerprint density at radius 3 is 2.96 bits per heavy atom. The van der Waals surface area contributed by atoms with Crippen LogP contribution in [-0.4, -0.2) is 43.8 Å². The van der Waals surface area contributed by atoms with Gasteiger partial charge in [0.2, 0.25) is 0 Å². The smallest absolute Gasteiger partial charge is 0.274 e. The topological polar surface area (TPSA) is 91.8 Å². The molecule has 1 N–H and O–H groups in total. The van der Waals surface area contributed by atoms with Crippen LogP contribution in [0.15, 0.2) is 40.1 Å². The first kappa shape index (κ1) is 17.5. The number of aromatic amines is 1. The van der Waals surface area contributed by atoms with Crippen molar-refractivity contribution in [2.75, 3.05) is 13.1 Å². The maximum absolute atomic E-state index is 12.7.